The number of phenols is 1. The van der Waals surface area contributed by atoms with Crippen LogP contribution in [0.4, 0.5) is 0 Å². The first kappa shape index (κ1) is 46.2. The van der Waals surface area contributed by atoms with Gasteiger partial charge < -0.3 is 19.4 Å². The van der Waals surface area contributed by atoms with Crippen molar-refractivity contribution >= 4 is 62.0 Å². The molecule has 9 heteroatoms. The number of para-hydroxylation sites is 2. The minimum atomic E-state index is -1.91. The molecule has 1 atom stereocenters. The Morgan fingerprint density at radius 3 is 1.93 bits per heavy atom. The molecule has 2 N–H and O–H groups in total. The van der Waals surface area contributed by atoms with E-state index in [4.69, 9.17) is 14.3 Å². The second-order valence-corrected chi connectivity index (χ2v) is 20.3. The van der Waals surface area contributed by atoms with Gasteiger partial charge >= 0.3 is 11.9 Å². The maximum absolute atomic E-state index is 12.1. The molecule has 0 amide bonds. The lowest BCUT2D eigenvalue weighted by atomic mass is 10.2. The molecule has 0 aliphatic carbocycles. The number of carbonyl (C=O) groups is 2. The van der Waals surface area contributed by atoms with Crippen molar-refractivity contribution in [1.82, 2.24) is 0 Å². The summed E-state index contributed by atoms with van der Waals surface area (Å²) < 4.78 is 11.8. The number of rotatable bonds is 16. The average Bonchev–Trinajstić information content (AvgIpc) is 3.16. The first-order chi connectivity index (χ1) is 26.3. The first-order valence-corrected chi connectivity index (χ1v) is 22.8. The van der Waals surface area contributed by atoms with E-state index >= 15 is 0 Å². The number of hydrogen-bond donors (Lipinski definition) is 2. The van der Waals surface area contributed by atoms with E-state index in [1.807, 2.05) is 78.9 Å². The second kappa shape index (κ2) is 25.2. The maximum Gasteiger partial charge on any atom is 0.331 e. The van der Waals surface area contributed by atoms with Gasteiger partial charge in [0.25, 0.3) is 8.32 Å². The number of thioether (sulfide) groups is 2. The van der Waals surface area contributed by atoms with Crippen molar-refractivity contribution in [2.24, 2.45) is 0 Å². The Labute approximate surface area is 337 Å². The molecule has 55 heavy (non-hydrogen) atoms. The third-order valence-corrected chi connectivity index (χ3v) is 14.3. The fraction of sp³-hybridized carbons (Fsp3) is 0.217. The summed E-state index contributed by atoms with van der Waals surface area (Å²) >= 11 is 3.27. The highest BCUT2D eigenvalue weighted by Crippen LogP contribution is 2.38. The summed E-state index contributed by atoms with van der Waals surface area (Å²) in [6.45, 7) is 18.2. The van der Waals surface area contributed by atoms with Crippen molar-refractivity contribution < 1.29 is 29.0 Å². The molecule has 6 nitrogen and oxygen atoms in total. The molecule has 290 valence electrons. The largest absolute Gasteiger partial charge is 0.543 e. The molecule has 4 rings (SSSR count). The van der Waals surface area contributed by atoms with Gasteiger partial charge in [-0.15, -0.1) is 36.7 Å². The standard InChI is InChI=1S/C20H20O3S.C15H22O3Si.C11H12S/c1-2-14-24-20(15-16-8-4-3-5-9-16)23-19(22)13-12-17-10-6-7-11-18(17)21;1-15(2,3)19(4,5)18-13-9-7-6-8-12(13)10-11-14(16)17;1-2-9-12-10-8-11-6-4-3-5-7-11/h2-13,20-21H,1,14-15H2;6-11H,1-5H3,(H,16,17);2-8,10H,1,9H2/b13-12+;11-10+;10-8+. The van der Waals surface area contributed by atoms with Crippen molar-refractivity contribution in [1.29, 1.82) is 0 Å². The van der Waals surface area contributed by atoms with Gasteiger partial charge in [0.05, 0.1) is 0 Å². The Hall–Kier alpha value is -4.96. The molecule has 0 saturated carbocycles. The fourth-order valence-corrected chi connectivity index (χ4v) is 6.55. The van der Waals surface area contributed by atoms with E-state index in [9.17, 15) is 14.7 Å². The normalized spacial score (nSPS) is 11.9. The molecular formula is C46H54O6S2Si. The summed E-state index contributed by atoms with van der Waals surface area (Å²) in [5, 5.41) is 20.6. The van der Waals surface area contributed by atoms with Crippen LogP contribution in [0.3, 0.4) is 0 Å². The molecule has 1 unspecified atom stereocenters. The van der Waals surface area contributed by atoms with Gasteiger partial charge in [-0.3, -0.25) is 0 Å². The van der Waals surface area contributed by atoms with Crippen molar-refractivity contribution in [3.05, 3.63) is 174 Å². The summed E-state index contributed by atoms with van der Waals surface area (Å²) in [5.74, 6) is 1.17. The van der Waals surface area contributed by atoms with E-state index in [-0.39, 0.29) is 16.2 Å². The van der Waals surface area contributed by atoms with Crippen molar-refractivity contribution in [2.45, 2.75) is 50.8 Å². The predicted molar refractivity (Wildman–Crippen MR) is 239 cm³/mol. The maximum atomic E-state index is 12.1. The molecule has 0 saturated heterocycles. The fourth-order valence-electron chi connectivity index (χ4n) is 4.19. The van der Waals surface area contributed by atoms with Gasteiger partial charge in [0.2, 0.25) is 0 Å². The van der Waals surface area contributed by atoms with Crippen LogP contribution in [0.15, 0.2) is 152 Å². The number of hydrogen-bond acceptors (Lipinski definition) is 7. The Morgan fingerprint density at radius 1 is 0.764 bits per heavy atom. The average molecular weight is 795 g/mol. The van der Waals surface area contributed by atoms with Crippen LogP contribution in [0.1, 0.15) is 43.0 Å². The van der Waals surface area contributed by atoms with E-state index < -0.39 is 20.3 Å². The van der Waals surface area contributed by atoms with E-state index in [0.29, 0.717) is 17.7 Å². The summed E-state index contributed by atoms with van der Waals surface area (Å²) in [6.07, 6.45) is 12.0. The zero-order chi connectivity index (χ0) is 40.5. The molecule has 4 aromatic carbocycles. The van der Waals surface area contributed by atoms with Crippen LogP contribution in [0, 0.1) is 0 Å². The number of aromatic hydroxyl groups is 1. The number of benzene rings is 4. The van der Waals surface area contributed by atoms with Gasteiger partial charge in [-0.25, -0.2) is 9.59 Å². The number of aliphatic carboxylic acids is 1. The van der Waals surface area contributed by atoms with E-state index in [0.717, 1.165) is 28.7 Å². The molecule has 0 aliphatic rings. The second-order valence-electron chi connectivity index (χ2n) is 13.5. The predicted octanol–water partition coefficient (Wildman–Crippen LogP) is 12.2. The van der Waals surface area contributed by atoms with Crippen molar-refractivity contribution in [2.75, 3.05) is 11.5 Å². The van der Waals surface area contributed by atoms with Crippen LogP contribution in [0.25, 0.3) is 18.2 Å². The van der Waals surface area contributed by atoms with Crippen LogP contribution in [0.5, 0.6) is 11.5 Å². The summed E-state index contributed by atoms with van der Waals surface area (Å²) in [6, 6.07) is 34.5. The monoisotopic (exact) mass is 794 g/mol. The molecule has 0 radical (unpaired) electrons. The first-order valence-electron chi connectivity index (χ1n) is 17.8. The SMILES string of the molecule is C=CCS/C=C/c1ccccc1.C=CCSC(Cc1ccccc1)OC(=O)/C=C/c1ccccc1O.CC(C)(C)[Si](C)(C)Oc1ccccc1/C=C/C(=O)O. The third-order valence-electron chi connectivity index (χ3n) is 8.09. The van der Waals surface area contributed by atoms with Gasteiger partial charge in [0.1, 0.15) is 11.5 Å². The van der Waals surface area contributed by atoms with Gasteiger partial charge in [-0.2, -0.15) is 0 Å². The number of ether oxygens (including phenoxy) is 1. The molecule has 0 heterocycles. The lowest BCUT2D eigenvalue weighted by molar-refractivity contribution is -0.139. The summed E-state index contributed by atoms with van der Waals surface area (Å²) in [4.78, 5) is 22.7. The molecule has 0 aliphatic heterocycles. The molecule has 0 bridgehead atoms. The Kier molecular flexibility index (Phi) is 21.1. The molecule has 4 aromatic rings. The highest BCUT2D eigenvalue weighted by Gasteiger charge is 2.39. The highest BCUT2D eigenvalue weighted by atomic mass is 32.2. The molecule has 0 spiro atoms. The topological polar surface area (TPSA) is 93.1 Å². The lowest BCUT2D eigenvalue weighted by Crippen LogP contribution is -2.44. The summed E-state index contributed by atoms with van der Waals surface area (Å²) in [7, 11) is -1.91. The zero-order valence-electron chi connectivity index (χ0n) is 32.5. The van der Waals surface area contributed by atoms with Crippen LogP contribution in [0.2, 0.25) is 18.1 Å². The van der Waals surface area contributed by atoms with Gasteiger partial charge in [-0.05, 0) is 65.0 Å². The van der Waals surface area contributed by atoms with Gasteiger partial charge in [0, 0.05) is 41.2 Å². The number of phenolic OH excluding ortho intramolecular Hbond substituents is 1. The number of carboxylic acid groups (broad SMARTS) is 1. The van der Waals surface area contributed by atoms with E-state index in [1.54, 1.807) is 54.3 Å². The number of carboxylic acids is 1. The molecule has 0 aromatic heterocycles. The number of esters is 1. The van der Waals surface area contributed by atoms with E-state index in [1.165, 1.54) is 23.4 Å². The Bertz CT molecular complexity index is 1850. The van der Waals surface area contributed by atoms with Gasteiger partial charge in [0.15, 0.2) is 5.44 Å². The van der Waals surface area contributed by atoms with Crippen molar-refractivity contribution in [3.8, 4) is 11.5 Å². The smallest absolute Gasteiger partial charge is 0.331 e. The minimum Gasteiger partial charge on any atom is -0.543 e. The molecule has 0 fully saturated rings. The highest BCUT2D eigenvalue weighted by molar-refractivity contribution is 8.02. The summed E-state index contributed by atoms with van der Waals surface area (Å²) in [5.41, 5.74) is 3.44. The Morgan fingerprint density at radius 2 is 1.33 bits per heavy atom. The quantitative estimate of drug-likeness (QED) is 0.0289. The van der Waals surface area contributed by atoms with Crippen LogP contribution in [-0.2, 0) is 20.7 Å². The third kappa shape index (κ3) is 19.3. The van der Waals surface area contributed by atoms with Gasteiger partial charge in [-0.1, -0.05) is 130 Å². The minimum absolute atomic E-state index is 0.108. The lowest BCUT2D eigenvalue weighted by Gasteiger charge is -2.36. The van der Waals surface area contributed by atoms with E-state index in [2.05, 4.69) is 70.6 Å². The van der Waals surface area contributed by atoms with Crippen LogP contribution in [-0.4, -0.2) is 47.4 Å². The van der Waals surface area contributed by atoms with Crippen molar-refractivity contribution in [3.63, 3.8) is 0 Å². The molecular weight excluding hydrogens is 741 g/mol. The zero-order valence-corrected chi connectivity index (χ0v) is 35.1. The van der Waals surface area contributed by atoms with Crippen LogP contribution < -0.4 is 4.43 Å². The Balaban J connectivity index is 0.000000301. The number of carbonyl (C=O) groups excluding carboxylic acids is 1. The van der Waals surface area contributed by atoms with Crippen LogP contribution >= 0.6 is 23.5 Å².